The Labute approximate surface area is 96.4 Å². The van der Waals surface area contributed by atoms with Crippen LogP contribution in [0.25, 0.3) is 0 Å². The molecular weight excluding hydrogens is 200 g/mol. The predicted octanol–water partition coefficient (Wildman–Crippen LogP) is 1.68. The van der Waals surface area contributed by atoms with Crippen LogP contribution in [0.1, 0.15) is 30.7 Å². The van der Waals surface area contributed by atoms with Crippen molar-refractivity contribution in [3.8, 4) is 0 Å². The summed E-state index contributed by atoms with van der Waals surface area (Å²) in [6, 6.07) is 1.38. The van der Waals surface area contributed by atoms with Crippen LogP contribution < -0.4 is 5.32 Å². The summed E-state index contributed by atoms with van der Waals surface area (Å²) in [6.07, 6.45) is 3.99. The first kappa shape index (κ1) is 10.1. The molecule has 0 spiro atoms. The van der Waals surface area contributed by atoms with Gasteiger partial charge in [0, 0.05) is 18.6 Å². The molecule has 2 atom stereocenters. The van der Waals surface area contributed by atoms with Crippen LogP contribution in [0.4, 0.5) is 5.69 Å². The third-order valence-corrected chi connectivity index (χ3v) is 4.06. The molecule has 2 fully saturated rings. The highest BCUT2D eigenvalue weighted by Gasteiger charge is 2.37. The number of nitrogens with zero attached hydrogens (tertiary/aromatic N) is 2. The van der Waals surface area contributed by atoms with E-state index in [4.69, 9.17) is 0 Å². The van der Waals surface area contributed by atoms with Crippen LogP contribution in [0.15, 0.2) is 0 Å². The van der Waals surface area contributed by atoms with Gasteiger partial charge in [0.1, 0.15) is 0 Å². The standard InChI is InChI=1S/C12H20N4/c1-8-12(9(2)15-14-8)13-10-5-7-16-6-3-4-11(10)16/h10-11,13H,3-7H2,1-2H3,(H,14,15). The fraction of sp³-hybridized carbons (Fsp3) is 0.750. The number of fused-ring (bicyclic) bond motifs is 1. The first-order chi connectivity index (χ1) is 7.75. The van der Waals surface area contributed by atoms with Gasteiger partial charge in [0.05, 0.1) is 17.1 Å². The zero-order valence-electron chi connectivity index (χ0n) is 10.1. The minimum Gasteiger partial charge on any atom is -0.378 e. The van der Waals surface area contributed by atoms with E-state index in [1.165, 1.54) is 38.0 Å². The van der Waals surface area contributed by atoms with Gasteiger partial charge in [-0.05, 0) is 39.7 Å². The molecule has 4 nitrogen and oxygen atoms in total. The smallest absolute Gasteiger partial charge is 0.0825 e. The number of H-pyrrole nitrogens is 1. The molecular formula is C12H20N4. The Morgan fingerprint density at radius 1 is 1.31 bits per heavy atom. The summed E-state index contributed by atoms with van der Waals surface area (Å²) in [7, 11) is 0. The van der Waals surface area contributed by atoms with E-state index in [0.717, 1.165) is 17.4 Å². The molecule has 2 aliphatic heterocycles. The maximum Gasteiger partial charge on any atom is 0.0825 e. The van der Waals surface area contributed by atoms with E-state index in [2.05, 4.69) is 34.3 Å². The Bertz CT molecular complexity index is 365. The van der Waals surface area contributed by atoms with Crippen molar-refractivity contribution in [2.45, 2.75) is 45.2 Å². The minimum atomic E-state index is 0.623. The number of hydrogen-bond acceptors (Lipinski definition) is 3. The van der Waals surface area contributed by atoms with Crippen molar-refractivity contribution < 1.29 is 0 Å². The molecule has 0 bridgehead atoms. The summed E-state index contributed by atoms with van der Waals surface area (Å²) < 4.78 is 0. The van der Waals surface area contributed by atoms with Crippen molar-refractivity contribution >= 4 is 5.69 Å². The molecule has 3 rings (SSSR count). The van der Waals surface area contributed by atoms with Gasteiger partial charge in [-0.15, -0.1) is 0 Å². The number of aryl methyl sites for hydroxylation is 2. The summed E-state index contributed by atoms with van der Waals surface area (Å²) in [4.78, 5) is 2.63. The summed E-state index contributed by atoms with van der Waals surface area (Å²) in [5, 5.41) is 11.0. The monoisotopic (exact) mass is 220 g/mol. The first-order valence-electron chi connectivity index (χ1n) is 6.28. The van der Waals surface area contributed by atoms with E-state index in [1.54, 1.807) is 0 Å². The third-order valence-electron chi connectivity index (χ3n) is 4.06. The van der Waals surface area contributed by atoms with Crippen LogP contribution in [0.2, 0.25) is 0 Å². The second kappa shape index (κ2) is 3.77. The van der Waals surface area contributed by atoms with Crippen molar-refractivity contribution in [2.75, 3.05) is 18.4 Å². The average Bonchev–Trinajstić information content (AvgIpc) is 2.91. The van der Waals surface area contributed by atoms with E-state index >= 15 is 0 Å². The molecule has 0 aromatic carbocycles. The Kier molecular flexibility index (Phi) is 2.39. The number of hydrogen-bond donors (Lipinski definition) is 2. The molecule has 3 heterocycles. The highest BCUT2D eigenvalue weighted by atomic mass is 15.2. The van der Waals surface area contributed by atoms with Gasteiger partial charge in [-0.3, -0.25) is 10.00 Å². The summed E-state index contributed by atoms with van der Waals surface area (Å²) in [6.45, 7) is 6.71. The van der Waals surface area contributed by atoms with E-state index < -0.39 is 0 Å². The normalized spacial score (nSPS) is 29.6. The molecule has 0 aliphatic carbocycles. The van der Waals surface area contributed by atoms with Crippen molar-refractivity contribution in [1.29, 1.82) is 0 Å². The Balaban J connectivity index is 1.75. The molecule has 1 aromatic heterocycles. The number of aromatic amines is 1. The highest BCUT2D eigenvalue weighted by Crippen LogP contribution is 2.31. The number of anilines is 1. The lowest BCUT2D eigenvalue weighted by atomic mass is 10.1. The summed E-state index contributed by atoms with van der Waals surface area (Å²) in [5.74, 6) is 0. The Morgan fingerprint density at radius 3 is 2.94 bits per heavy atom. The molecule has 0 saturated carbocycles. The Morgan fingerprint density at radius 2 is 2.19 bits per heavy atom. The summed E-state index contributed by atoms with van der Waals surface area (Å²) >= 11 is 0. The van der Waals surface area contributed by atoms with Crippen LogP contribution in [0.5, 0.6) is 0 Å². The molecule has 16 heavy (non-hydrogen) atoms. The van der Waals surface area contributed by atoms with Gasteiger partial charge in [0.15, 0.2) is 0 Å². The zero-order chi connectivity index (χ0) is 11.1. The van der Waals surface area contributed by atoms with Crippen LogP contribution in [-0.4, -0.2) is 40.3 Å². The van der Waals surface area contributed by atoms with Crippen LogP contribution in [-0.2, 0) is 0 Å². The van der Waals surface area contributed by atoms with Crippen molar-refractivity contribution in [1.82, 2.24) is 15.1 Å². The second-order valence-electron chi connectivity index (χ2n) is 5.09. The predicted molar refractivity (Wildman–Crippen MR) is 64.7 cm³/mol. The lowest BCUT2D eigenvalue weighted by Crippen LogP contribution is -2.34. The molecule has 2 saturated heterocycles. The molecule has 2 N–H and O–H groups in total. The van der Waals surface area contributed by atoms with E-state index in [9.17, 15) is 0 Å². The summed E-state index contributed by atoms with van der Waals surface area (Å²) in [5.41, 5.74) is 3.47. The lowest BCUT2D eigenvalue weighted by Gasteiger charge is -2.22. The van der Waals surface area contributed by atoms with E-state index in [1.807, 2.05) is 0 Å². The first-order valence-corrected chi connectivity index (χ1v) is 6.28. The largest absolute Gasteiger partial charge is 0.378 e. The number of aromatic nitrogens is 2. The van der Waals surface area contributed by atoms with Gasteiger partial charge in [0.25, 0.3) is 0 Å². The maximum absolute atomic E-state index is 4.24. The zero-order valence-corrected chi connectivity index (χ0v) is 10.1. The second-order valence-corrected chi connectivity index (χ2v) is 5.09. The van der Waals surface area contributed by atoms with Gasteiger partial charge in [-0.1, -0.05) is 0 Å². The van der Waals surface area contributed by atoms with Crippen molar-refractivity contribution in [3.63, 3.8) is 0 Å². The molecule has 0 amide bonds. The molecule has 2 unspecified atom stereocenters. The molecule has 1 aromatic rings. The van der Waals surface area contributed by atoms with Crippen LogP contribution >= 0.6 is 0 Å². The number of nitrogens with one attached hydrogen (secondary N) is 2. The van der Waals surface area contributed by atoms with Gasteiger partial charge >= 0.3 is 0 Å². The third kappa shape index (κ3) is 1.52. The molecule has 0 radical (unpaired) electrons. The lowest BCUT2D eigenvalue weighted by molar-refractivity contribution is 0.318. The minimum absolute atomic E-state index is 0.623. The van der Waals surface area contributed by atoms with Crippen molar-refractivity contribution in [3.05, 3.63) is 11.4 Å². The highest BCUT2D eigenvalue weighted by molar-refractivity contribution is 5.52. The fourth-order valence-electron chi connectivity index (χ4n) is 3.20. The fourth-order valence-corrected chi connectivity index (χ4v) is 3.20. The molecule has 2 aliphatic rings. The van der Waals surface area contributed by atoms with Gasteiger partial charge in [-0.2, -0.15) is 5.10 Å². The number of rotatable bonds is 2. The maximum atomic E-state index is 4.24. The van der Waals surface area contributed by atoms with Crippen LogP contribution in [0, 0.1) is 13.8 Å². The molecule has 88 valence electrons. The topological polar surface area (TPSA) is 44.0 Å². The van der Waals surface area contributed by atoms with Crippen molar-refractivity contribution in [2.24, 2.45) is 0 Å². The van der Waals surface area contributed by atoms with Gasteiger partial charge < -0.3 is 5.32 Å². The van der Waals surface area contributed by atoms with Crippen LogP contribution in [0.3, 0.4) is 0 Å². The quantitative estimate of drug-likeness (QED) is 0.797. The molecule has 4 heteroatoms. The average molecular weight is 220 g/mol. The Hall–Kier alpha value is -1.03. The SMILES string of the molecule is Cc1n[nH]c(C)c1NC1CCN2CCCC12. The van der Waals surface area contributed by atoms with Gasteiger partial charge in [0.2, 0.25) is 0 Å². The van der Waals surface area contributed by atoms with E-state index in [0.29, 0.717) is 6.04 Å². The van der Waals surface area contributed by atoms with Gasteiger partial charge in [-0.25, -0.2) is 0 Å². The van der Waals surface area contributed by atoms with E-state index in [-0.39, 0.29) is 0 Å².